The minimum Gasteiger partial charge on any atom is -0.384 e. The van der Waals surface area contributed by atoms with E-state index < -0.39 is 5.60 Å². The first-order chi connectivity index (χ1) is 7.17. The molecule has 0 aliphatic heterocycles. The summed E-state index contributed by atoms with van der Waals surface area (Å²) in [6.45, 7) is 5.66. The Labute approximate surface area is 90.8 Å². The van der Waals surface area contributed by atoms with Crippen LogP contribution in [0.15, 0.2) is 18.6 Å². The standard InChI is InChI=1S/C11H19N3O/c1-3-5-12-6-4-11(2,15)10-9-13-7-8-14-10/h7-9,12,15H,3-6H2,1-2H3. The van der Waals surface area contributed by atoms with Crippen LogP contribution >= 0.6 is 0 Å². The second kappa shape index (κ2) is 5.78. The van der Waals surface area contributed by atoms with Gasteiger partial charge in [0.25, 0.3) is 0 Å². The van der Waals surface area contributed by atoms with Crippen LogP contribution in [0.2, 0.25) is 0 Å². The number of aliphatic hydroxyl groups is 1. The van der Waals surface area contributed by atoms with E-state index in [9.17, 15) is 5.11 Å². The van der Waals surface area contributed by atoms with Crippen molar-refractivity contribution < 1.29 is 5.11 Å². The Morgan fingerprint density at radius 1 is 1.40 bits per heavy atom. The van der Waals surface area contributed by atoms with E-state index in [1.165, 1.54) is 0 Å². The fourth-order valence-corrected chi connectivity index (χ4v) is 1.34. The average molecular weight is 209 g/mol. The van der Waals surface area contributed by atoms with Gasteiger partial charge in [-0.05, 0) is 32.9 Å². The predicted molar refractivity (Wildman–Crippen MR) is 59.4 cm³/mol. The van der Waals surface area contributed by atoms with Crippen molar-refractivity contribution >= 4 is 0 Å². The van der Waals surface area contributed by atoms with Gasteiger partial charge >= 0.3 is 0 Å². The lowest BCUT2D eigenvalue weighted by molar-refractivity contribution is 0.0432. The molecule has 0 saturated heterocycles. The number of nitrogens with one attached hydrogen (secondary N) is 1. The number of hydrogen-bond acceptors (Lipinski definition) is 4. The summed E-state index contributed by atoms with van der Waals surface area (Å²) in [5.41, 5.74) is -0.266. The van der Waals surface area contributed by atoms with Gasteiger partial charge in [0.05, 0.1) is 11.9 Å². The molecule has 84 valence electrons. The molecule has 0 saturated carbocycles. The molecule has 1 heterocycles. The van der Waals surface area contributed by atoms with Crippen molar-refractivity contribution in [2.24, 2.45) is 0 Å². The van der Waals surface area contributed by atoms with Crippen LogP contribution < -0.4 is 5.32 Å². The fraction of sp³-hybridized carbons (Fsp3) is 0.636. The van der Waals surface area contributed by atoms with Crippen LogP contribution in [0.3, 0.4) is 0 Å². The molecule has 4 heteroatoms. The smallest absolute Gasteiger partial charge is 0.106 e. The van der Waals surface area contributed by atoms with Crippen LogP contribution in [0.25, 0.3) is 0 Å². The van der Waals surface area contributed by atoms with E-state index >= 15 is 0 Å². The van der Waals surface area contributed by atoms with E-state index in [4.69, 9.17) is 0 Å². The topological polar surface area (TPSA) is 58.0 Å². The van der Waals surface area contributed by atoms with Gasteiger partial charge in [0.15, 0.2) is 0 Å². The zero-order valence-electron chi connectivity index (χ0n) is 9.40. The summed E-state index contributed by atoms with van der Waals surface area (Å²) in [5.74, 6) is 0. The fourth-order valence-electron chi connectivity index (χ4n) is 1.34. The van der Waals surface area contributed by atoms with Crippen molar-refractivity contribution in [3.8, 4) is 0 Å². The Hall–Kier alpha value is -1.00. The first-order valence-corrected chi connectivity index (χ1v) is 5.36. The maximum Gasteiger partial charge on any atom is 0.106 e. The van der Waals surface area contributed by atoms with E-state index in [1.54, 1.807) is 25.5 Å². The van der Waals surface area contributed by atoms with E-state index in [1.807, 2.05) is 0 Å². The number of aromatic nitrogens is 2. The van der Waals surface area contributed by atoms with Gasteiger partial charge in [-0.25, -0.2) is 0 Å². The third-order valence-electron chi connectivity index (χ3n) is 2.33. The summed E-state index contributed by atoms with van der Waals surface area (Å²) in [6, 6.07) is 0. The molecular formula is C11H19N3O. The Morgan fingerprint density at radius 2 is 2.20 bits per heavy atom. The predicted octanol–water partition coefficient (Wildman–Crippen LogP) is 1.07. The van der Waals surface area contributed by atoms with Gasteiger partial charge in [0.2, 0.25) is 0 Å². The molecule has 0 aliphatic carbocycles. The third kappa shape index (κ3) is 3.93. The van der Waals surface area contributed by atoms with Crippen molar-refractivity contribution in [2.45, 2.75) is 32.3 Å². The lowest BCUT2D eigenvalue weighted by Crippen LogP contribution is -2.29. The summed E-state index contributed by atoms with van der Waals surface area (Å²) in [4.78, 5) is 8.06. The van der Waals surface area contributed by atoms with Gasteiger partial charge < -0.3 is 10.4 Å². The third-order valence-corrected chi connectivity index (χ3v) is 2.33. The molecular weight excluding hydrogens is 190 g/mol. The zero-order valence-corrected chi connectivity index (χ0v) is 9.40. The first-order valence-electron chi connectivity index (χ1n) is 5.36. The first kappa shape index (κ1) is 12.1. The van der Waals surface area contributed by atoms with Gasteiger partial charge in [-0.1, -0.05) is 6.92 Å². The highest BCUT2D eigenvalue weighted by atomic mass is 16.3. The average Bonchev–Trinajstić information content (AvgIpc) is 2.26. The highest BCUT2D eigenvalue weighted by Gasteiger charge is 2.23. The molecule has 0 bridgehead atoms. The van der Waals surface area contributed by atoms with Gasteiger partial charge in [0.1, 0.15) is 5.60 Å². The summed E-state index contributed by atoms with van der Waals surface area (Å²) in [6.07, 6.45) is 6.57. The van der Waals surface area contributed by atoms with Gasteiger partial charge in [-0.3, -0.25) is 9.97 Å². The summed E-state index contributed by atoms with van der Waals surface area (Å²) >= 11 is 0. The molecule has 1 aromatic heterocycles. The maximum absolute atomic E-state index is 10.1. The Morgan fingerprint density at radius 3 is 2.80 bits per heavy atom. The maximum atomic E-state index is 10.1. The van der Waals surface area contributed by atoms with Gasteiger partial charge in [-0.15, -0.1) is 0 Å². The lowest BCUT2D eigenvalue weighted by Gasteiger charge is -2.22. The monoisotopic (exact) mass is 209 g/mol. The van der Waals surface area contributed by atoms with E-state index in [2.05, 4.69) is 22.2 Å². The van der Waals surface area contributed by atoms with Gasteiger partial charge in [-0.2, -0.15) is 0 Å². The van der Waals surface area contributed by atoms with E-state index in [0.29, 0.717) is 12.1 Å². The quantitative estimate of drug-likeness (QED) is 0.688. The second-order valence-electron chi connectivity index (χ2n) is 3.86. The zero-order chi connectivity index (χ0) is 11.1. The Bertz CT molecular complexity index is 274. The lowest BCUT2D eigenvalue weighted by atomic mass is 9.98. The molecule has 0 aromatic carbocycles. The molecule has 15 heavy (non-hydrogen) atoms. The SMILES string of the molecule is CCCNCCC(C)(O)c1cnccn1. The summed E-state index contributed by atoms with van der Waals surface area (Å²) in [5, 5.41) is 13.4. The second-order valence-corrected chi connectivity index (χ2v) is 3.86. The van der Waals surface area contributed by atoms with Crippen molar-refractivity contribution in [3.05, 3.63) is 24.3 Å². The molecule has 0 spiro atoms. The molecule has 0 aliphatic rings. The molecule has 0 fully saturated rings. The molecule has 4 nitrogen and oxygen atoms in total. The Kier molecular flexibility index (Phi) is 4.65. The van der Waals surface area contributed by atoms with Crippen LogP contribution in [-0.2, 0) is 5.60 Å². The van der Waals surface area contributed by atoms with Crippen LogP contribution in [0.4, 0.5) is 0 Å². The van der Waals surface area contributed by atoms with Crippen molar-refractivity contribution in [1.82, 2.24) is 15.3 Å². The molecule has 1 unspecified atom stereocenters. The minimum absolute atomic E-state index is 0.628. The largest absolute Gasteiger partial charge is 0.384 e. The van der Waals surface area contributed by atoms with Gasteiger partial charge in [0, 0.05) is 12.4 Å². The Balaban J connectivity index is 2.45. The van der Waals surface area contributed by atoms with Crippen LogP contribution in [0.1, 0.15) is 32.4 Å². The molecule has 1 aromatic rings. The summed E-state index contributed by atoms with van der Waals surface area (Å²) < 4.78 is 0. The molecule has 1 atom stereocenters. The van der Waals surface area contributed by atoms with E-state index in [0.717, 1.165) is 19.5 Å². The molecule has 1 rings (SSSR count). The van der Waals surface area contributed by atoms with Crippen LogP contribution in [-0.4, -0.2) is 28.2 Å². The minimum atomic E-state index is -0.894. The van der Waals surface area contributed by atoms with Crippen molar-refractivity contribution in [3.63, 3.8) is 0 Å². The molecule has 0 radical (unpaired) electrons. The molecule has 0 amide bonds. The van der Waals surface area contributed by atoms with Crippen molar-refractivity contribution in [1.29, 1.82) is 0 Å². The molecule has 2 N–H and O–H groups in total. The number of rotatable bonds is 6. The highest BCUT2D eigenvalue weighted by Crippen LogP contribution is 2.20. The van der Waals surface area contributed by atoms with E-state index in [-0.39, 0.29) is 0 Å². The summed E-state index contributed by atoms with van der Waals surface area (Å²) in [7, 11) is 0. The normalized spacial score (nSPS) is 14.9. The van der Waals surface area contributed by atoms with Crippen molar-refractivity contribution in [2.75, 3.05) is 13.1 Å². The highest BCUT2D eigenvalue weighted by molar-refractivity contribution is 5.05. The van der Waals surface area contributed by atoms with Crippen LogP contribution in [0, 0.1) is 0 Å². The van der Waals surface area contributed by atoms with Crippen LogP contribution in [0.5, 0.6) is 0 Å². The number of hydrogen-bond donors (Lipinski definition) is 2. The number of nitrogens with zero attached hydrogens (tertiary/aromatic N) is 2.